The molecule has 3 nitrogen and oxygen atoms in total. The normalized spacial score (nSPS) is 16.1. The van der Waals surface area contributed by atoms with Crippen molar-refractivity contribution in [2.24, 2.45) is 0 Å². The van der Waals surface area contributed by atoms with Crippen LogP contribution in [0, 0.1) is 0 Å². The third kappa shape index (κ3) is 1.82. The standard InChI is InChI=1S/C9H14N2OS/c1-13-6-8-7-4-2-3-5-10-9(7)12-11-8/h10H,2-6H2,1H3. The molecule has 2 rings (SSSR count). The largest absolute Gasteiger partial charge is 0.354 e. The van der Waals surface area contributed by atoms with Crippen molar-refractivity contribution in [1.82, 2.24) is 5.16 Å². The predicted octanol–water partition coefficient (Wildman–Crippen LogP) is 2.29. The van der Waals surface area contributed by atoms with Crippen LogP contribution < -0.4 is 5.32 Å². The van der Waals surface area contributed by atoms with Gasteiger partial charge in [-0.2, -0.15) is 11.8 Å². The van der Waals surface area contributed by atoms with E-state index < -0.39 is 0 Å². The average Bonchev–Trinajstić information content (AvgIpc) is 2.38. The Morgan fingerprint density at radius 2 is 2.46 bits per heavy atom. The maximum atomic E-state index is 5.25. The van der Waals surface area contributed by atoms with E-state index in [9.17, 15) is 0 Å². The highest BCUT2D eigenvalue weighted by molar-refractivity contribution is 7.97. The summed E-state index contributed by atoms with van der Waals surface area (Å²) in [5, 5.41) is 7.34. The van der Waals surface area contributed by atoms with E-state index in [2.05, 4.69) is 16.7 Å². The molecule has 0 saturated carbocycles. The third-order valence-electron chi connectivity index (χ3n) is 2.29. The Kier molecular flexibility index (Phi) is 2.78. The molecule has 4 heteroatoms. The van der Waals surface area contributed by atoms with Gasteiger partial charge < -0.3 is 9.84 Å². The van der Waals surface area contributed by atoms with Crippen LogP contribution >= 0.6 is 11.8 Å². The molecule has 1 aliphatic rings. The van der Waals surface area contributed by atoms with Crippen molar-refractivity contribution in [2.45, 2.75) is 25.0 Å². The molecule has 1 aromatic heterocycles. The van der Waals surface area contributed by atoms with Gasteiger partial charge in [-0.1, -0.05) is 5.16 Å². The van der Waals surface area contributed by atoms with Crippen LogP contribution in [0.2, 0.25) is 0 Å². The van der Waals surface area contributed by atoms with Gasteiger partial charge in [-0.3, -0.25) is 0 Å². The number of rotatable bonds is 2. The summed E-state index contributed by atoms with van der Waals surface area (Å²) in [5.41, 5.74) is 2.42. The Bertz CT molecular complexity index is 285. The van der Waals surface area contributed by atoms with Crippen molar-refractivity contribution in [2.75, 3.05) is 18.1 Å². The van der Waals surface area contributed by atoms with Crippen LogP contribution in [-0.4, -0.2) is 18.0 Å². The molecule has 13 heavy (non-hydrogen) atoms. The first-order valence-corrected chi connectivity index (χ1v) is 6.01. The Morgan fingerprint density at radius 3 is 3.31 bits per heavy atom. The second-order valence-electron chi connectivity index (χ2n) is 3.25. The van der Waals surface area contributed by atoms with Gasteiger partial charge in [0.15, 0.2) is 0 Å². The minimum Gasteiger partial charge on any atom is -0.354 e. The molecule has 0 bridgehead atoms. The number of aromatic nitrogens is 1. The van der Waals surface area contributed by atoms with Gasteiger partial charge in [0.25, 0.3) is 0 Å². The highest BCUT2D eigenvalue weighted by Crippen LogP contribution is 2.26. The lowest BCUT2D eigenvalue weighted by atomic mass is 10.1. The Balaban J connectivity index is 2.23. The van der Waals surface area contributed by atoms with Crippen LogP contribution in [0.3, 0.4) is 0 Å². The van der Waals surface area contributed by atoms with E-state index >= 15 is 0 Å². The Labute approximate surface area is 82.3 Å². The van der Waals surface area contributed by atoms with Crippen molar-refractivity contribution >= 4 is 17.6 Å². The molecular formula is C9H14N2OS. The molecule has 0 aromatic carbocycles. The lowest BCUT2D eigenvalue weighted by Crippen LogP contribution is -1.97. The first-order valence-electron chi connectivity index (χ1n) is 4.62. The number of nitrogens with zero attached hydrogens (tertiary/aromatic N) is 1. The van der Waals surface area contributed by atoms with Gasteiger partial charge in [0.2, 0.25) is 5.88 Å². The van der Waals surface area contributed by atoms with E-state index in [4.69, 9.17) is 4.52 Å². The molecular weight excluding hydrogens is 184 g/mol. The molecule has 1 aromatic rings. The van der Waals surface area contributed by atoms with E-state index in [1.807, 2.05) is 0 Å². The topological polar surface area (TPSA) is 38.1 Å². The fourth-order valence-corrected chi connectivity index (χ4v) is 2.12. The van der Waals surface area contributed by atoms with Crippen LogP contribution in [-0.2, 0) is 12.2 Å². The number of fused-ring (bicyclic) bond motifs is 1. The van der Waals surface area contributed by atoms with Crippen molar-refractivity contribution in [3.8, 4) is 0 Å². The van der Waals surface area contributed by atoms with E-state index in [-0.39, 0.29) is 0 Å². The van der Waals surface area contributed by atoms with E-state index in [1.165, 1.54) is 18.4 Å². The van der Waals surface area contributed by atoms with Gasteiger partial charge >= 0.3 is 0 Å². The van der Waals surface area contributed by atoms with Crippen molar-refractivity contribution in [3.05, 3.63) is 11.3 Å². The van der Waals surface area contributed by atoms with Crippen LogP contribution in [0.15, 0.2) is 4.52 Å². The molecule has 2 heterocycles. The van der Waals surface area contributed by atoms with Crippen molar-refractivity contribution < 1.29 is 4.52 Å². The SMILES string of the molecule is CSCc1noc2c1CCCCN2. The van der Waals surface area contributed by atoms with Crippen LogP contribution in [0.4, 0.5) is 5.88 Å². The smallest absolute Gasteiger partial charge is 0.228 e. The summed E-state index contributed by atoms with van der Waals surface area (Å²) < 4.78 is 5.25. The van der Waals surface area contributed by atoms with E-state index in [1.54, 1.807) is 11.8 Å². The number of hydrogen-bond acceptors (Lipinski definition) is 4. The molecule has 0 radical (unpaired) electrons. The van der Waals surface area contributed by atoms with E-state index in [0.29, 0.717) is 0 Å². The van der Waals surface area contributed by atoms with Crippen molar-refractivity contribution in [1.29, 1.82) is 0 Å². The zero-order chi connectivity index (χ0) is 9.10. The summed E-state index contributed by atoms with van der Waals surface area (Å²) in [5.74, 6) is 1.86. The third-order valence-corrected chi connectivity index (χ3v) is 2.85. The van der Waals surface area contributed by atoms with Crippen molar-refractivity contribution in [3.63, 3.8) is 0 Å². The summed E-state index contributed by atoms with van der Waals surface area (Å²) in [6.07, 6.45) is 5.67. The molecule has 0 fully saturated rings. The highest BCUT2D eigenvalue weighted by Gasteiger charge is 2.16. The fraction of sp³-hybridized carbons (Fsp3) is 0.667. The zero-order valence-corrected chi connectivity index (χ0v) is 8.62. The quantitative estimate of drug-likeness (QED) is 0.791. The highest BCUT2D eigenvalue weighted by atomic mass is 32.2. The van der Waals surface area contributed by atoms with Crippen LogP contribution in [0.5, 0.6) is 0 Å². The first kappa shape index (κ1) is 8.94. The Hall–Kier alpha value is -0.640. The zero-order valence-electron chi connectivity index (χ0n) is 7.80. The monoisotopic (exact) mass is 198 g/mol. The Morgan fingerprint density at radius 1 is 1.54 bits per heavy atom. The van der Waals surface area contributed by atoms with Crippen LogP contribution in [0.25, 0.3) is 0 Å². The van der Waals surface area contributed by atoms with Gasteiger partial charge in [-0.05, 0) is 25.5 Å². The molecule has 72 valence electrons. The van der Waals surface area contributed by atoms with Gasteiger partial charge in [0, 0.05) is 17.9 Å². The predicted molar refractivity (Wildman–Crippen MR) is 55.1 cm³/mol. The molecule has 0 atom stereocenters. The van der Waals surface area contributed by atoms with Gasteiger partial charge in [0.1, 0.15) is 0 Å². The first-order chi connectivity index (χ1) is 6.42. The molecule has 0 aliphatic carbocycles. The van der Waals surface area contributed by atoms with E-state index in [0.717, 1.165) is 30.3 Å². The second-order valence-corrected chi connectivity index (χ2v) is 4.12. The average molecular weight is 198 g/mol. The van der Waals surface area contributed by atoms with Gasteiger partial charge in [-0.15, -0.1) is 0 Å². The maximum Gasteiger partial charge on any atom is 0.228 e. The maximum absolute atomic E-state index is 5.25. The number of thioether (sulfide) groups is 1. The minimum absolute atomic E-state index is 0.904. The number of hydrogen-bond donors (Lipinski definition) is 1. The number of nitrogens with one attached hydrogen (secondary N) is 1. The molecule has 1 aliphatic heterocycles. The second kappa shape index (κ2) is 4.05. The molecule has 0 unspecified atom stereocenters. The summed E-state index contributed by atoms with van der Waals surface area (Å²) in [7, 11) is 0. The summed E-state index contributed by atoms with van der Waals surface area (Å²) in [6, 6.07) is 0. The van der Waals surface area contributed by atoms with Gasteiger partial charge in [-0.25, -0.2) is 0 Å². The number of anilines is 1. The lowest BCUT2D eigenvalue weighted by Gasteiger charge is -1.97. The van der Waals surface area contributed by atoms with Gasteiger partial charge in [0.05, 0.1) is 5.69 Å². The molecule has 1 N–H and O–H groups in total. The summed E-state index contributed by atoms with van der Waals surface area (Å²) in [4.78, 5) is 0. The lowest BCUT2D eigenvalue weighted by molar-refractivity contribution is 0.426. The summed E-state index contributed by atoms with van der Waals surface area (Å²) in [6.45, 7) is 1.01. The van der Waals surface area contributed by atoms with Crippen LogP contribution in [0.1, 0.15) is 24.1 Å². The molecule has 0 saturated heterocycles. The molecule has 0 spiro atoms. The fourth-order valence-electron chi connectivity index (χ4n) is 1.62. The molecule has 0 amide bonds. The summed E-state index contributed by atoms with van der Waals surface area (Å²) >= 11 is 1.79. The minimum atomic E-state index is 0.904.